The summed E-state index contributed by atoms with van der Waals surface area (Å²) in [6, 6.07) is 16.9. The van der Waals surface area contributed by atoms with Crippen molar-refractivity contribution in [2.75, 3.05) is 16.4 Å². The van der Waals surface area contributed by atoms with Crippen molar-refractivity contribution >= 4 is 35.0 Å². The molecule has 3 N–H and O–H groups in total. The SMILES string of the molecule is CC1=C(C(=O)Nc2cccc(C(F)(F)F)c2)C(c2ccco2)C(C#N)=C(SCC(=O)Nc2ccccc2C)N1. The molecule has 1 atom stereocenters. The summed E-state index contributed by atoms with van der Waals surface area (Å²) in [5.74, 6) is -1.66. The fraction of sp³-hybridized carbons (Fsp3) is 0.179. The number of hydrogen-bond acceptors (Lipinski definition) is 6. The molecule has 1 aliphatic rings. The number of carbonyl (C=O) groups excluding carboxylic acids is 2. The monoisotopic (exact) mass is 552 g/mol. The van der Waals surface area contributed by atoms with E-state index in [0.717, 1.165) is 29.5 Å². The number of benzene rings is 2. The van der Waals surface area contributed by atoms with E-state index < -0.39 is 23.6 Å². The average molecular weight is 553 g/mol. The number of aryl methyl sites for hydroxylation is 1. The molecule has 7 nitrogen and oxygen atoms in total. The number of nitrogens with zero attached hydrogens (tertiary/aromatic N) is 1. The molecule has 200 valence electrons. The van der Waals surface area contributed by atoms with Gasteiger partial charge in [-0.05, 0) is 55.8 Å². The van der Waals surface area contributed by atoms with Crippen LogP contribution in [0.15, 0.2) is 93.2 Å². The number of allylic oxidation sites excluding steroid dienone is 2. The maximum Gasteiger partial charge on any atom is 0.416 e. The molecule has 0 saturated carbocycles. The Kier molecular flexibility index (Phi) is 8.16. The second-order valence-corrected chi connectivity index (χ2v) is 9.64. The molecular weight excluding hydrogens is 529 g/mol. The lowest BCUT2D eigenvalue weighted by atomic mass is 9.85. The molecule has 2 aromatic carbocycles. The summed E-state index contributed by atoms with van der Waals surface area (Å²) in [5.41, 5.74) is 1.22. The minimum atomic E-state index is -4.58. The van der Waals surface area contributed by atoms with Crippen LogP contribution in [-0.4, -0.2) is 17.6 Å². The van der Waals surface area contributed by atoms with Gasteiger partial charge in [0.25, 0.3) is 5.91 Å². The van der Waals surface area contributed by atoms with Gasteiger partial charge in [0.05, 0.1) is 45.7 Å². The molecule has 11 heteroatoms. The molecule has 2 heterocycles. The topological polar surface area (TPSA) is 107 Å². The number of dihydropyridines is 1. The van der Waals surface area contributed by atoms with E-state index in [0.29, 0.717) is 22.2 Å². The third-order valence-electron chi connectivity index (χ3n) is 5.93. The number of furan rings is 1. The van der Waals surface area contributed by atoms with Crippen molar-refractivity contribution in [2.45, 2.75) is 25.9 Å². The van der Waals surface area contributed by atoms with Crippen LogP contribution in [0.1, 0.15) is 29.7 Å². The van der Waals surface area contributed by atoms with E-state index in [2.05, 4.69) is 22.0 Å². The van der Waals surface area contributed by atoms with Crippen molar-refractivity contribution in [3.05, 3.63) is 106 Å². The van der Waals surface area contributed by atoms with Crippen molar-refractivity contribution in [3.8, 4) is 6.07 Å². The highest BCUT2D eigenvalue weighted by Gasteiger charge is 2.37. The van der Waals surface area contributed by atoms with Crippen LogP contribution < -0.4 is 16.0 Å². The number of alkyl halides is 3. The van der Waals surface area contributed by atoms with E-state index >= 15 is 0 Å². The predicted molar refractivity (Wildman–Crippen MR) is 142 cm³/mol. The van der Waals surface area contributed by atoms with Gasteiger partial charge in [-0.3, -0.25) is 9.59 Å². The van der Waals surface area contributed by atoms with Crippen molar-refractivity contribution < 1.29 is 27.2 Å². The standard InChI is InChI=1S/C28H23F3N4O3S/c1-16-7-3-4-10-21(16)35-23(36)15-39-27-20(14-32)25(22-11-6-12-38-22)24(17(2)33-27)26(37)34-19-9-5-8-18(13-19)28(29,30)31/h3-13,25,33H,15H2,1-2H3,(H,34,37)(H,35,36). The Morgan fingerprint density at radius 1 is 1.08 bits per heavy atom. The van der Waals surface area contributed by atoms with Gasteiger partial charge >= 0.3 is 6.18 Å². The fourth-order valence-corrected chi connectivity index (χ4v) is 4.97. The smallest absolute Gasteiger partial charge is 0.416 e. The van der Waals surface area contributed by atoms with Gasteiger partial charge in [0, 0.05) is 17.1 Å². The van der Waals surface area contributed by atoms with E-state index in [1.165, 1.54) is 18.4 Å². The zero-order chi connectivity index (χ0) is 28.2. The third-order valence-corrected chi connectivity index (χ3v) is 6.95. The van der Waals surface area contributed by atoms with E-state index in [1.54, 1.807) is 25.1 Å². The number of nitriles is 1. The summed E-state index contributed by atoms with van der Waals surface area (Å²) in [6.45, 7) is 3.48. The van der Waals surface area contributed by atoms with Crippen LogP contribution in [0.5, 0.6) is 0 Å². The number of halogens is 3. The number of para-hydroxylation sites is 1. The summed E-state index contributed by atoms with van der Waals surface area (Å²) in [5, 5.41) is 18.8. The zero-order valence-corrected chi connectivity index (χ0v) is 21.7. The number of rotatable bonds is 7. The number of amides is 2. The summed E-state index contributed by atoms with van der Waals surface area (Å²) in [7, 11) is 0. The minimum Gasteiger partial charge on any atom is -0.468 e. The molecule has 2 amide bonds. The second-order valence-electron chi connectivity index (χ2n) is 8.65. The largest absolute Gasteiger partial charge is 0.468 e. The molecule has 0 spiro atoms. The van der Waals surface area contributed by atoms with Gasteiger partial charge in [-0.2, -0.15) is 18.4 Å². The fourth-order valence-electron chi connectivity index (χ4n) is 4.08. The Hall–Kier alpha value is -4.43. The van der Waals surface area contributed by atoms with Gasteiger partial charge in [-0.25, -0.2) is 0 Å². The van der Waals surface area contributed by atoms with Gasteiger partial charge in [-0.1, -0.05) is 36.0 Å². The highest BCUT2D eigenvalue weighted by molar-refractivity contribution is 8.03. The minimum absolute atomic E-state index is 0.0221. The van der Waals surface area contributed by atoms with Gasteiger partial charge < -0.3 is 20.4 Å². The first-order valence-corrected chi connectivity index (χ1v) is 12.7. The Morgan fingerprint density at radius 2 is 1.85 bits per heavy atom. The van der Waals surface area contributed by atoms with E-state index in [9.17, 15) is 28.0 Å². The van der Waals surface area contributed by atoms with Crippen LogP contribution in [0.3, 0.4) is 0 Å². The number of thioether (sulfide) groups is 1. The van der Waals surface area contributed by atoms with Crippen LogP contribution >= 0.6 is 11.8 Å². The summed E-state index contributed by atoms with van der Waals surface area (Å²) >= 11 is 1.09. The molecule has 3 aromatic rings. The lowest BCUT2D eigenvalue weighted by molar-refractivity contribution is -0.137. The molecular formula is C28H23F3N4O3S. The van der Waals surface area contributed by atoms with Crippen molar-refractivity contribution in [2.24, 2.45) is 0 Å². The molecule has 0 fully saturated rings. The maximum atomic E-state index is 13.4. The molecule has 1 aliphatic heterocycles. The van der Waals surface area contributed by atoms with Crippen molar-refractivity contribution in [1.29, 1.82) is 5.26 Å². The van der Waals surface area contributed by atoms with Crippen molar-refractivity contribution in [3.63, 3.8) is 0 Å². The van der Waals surface area contributed by atoms with E-state index in [-0.39, 0.29) is 28.5 Å². The molecule has 4 rings (SSSR count). The maximum absolute atomic E-state index is 13.4. The molecule has 0 saturated heterocycles. The summed E-state index contributed by atoms with van der Waals surface area (Å²) in [6.07, 6.45) is -3.18. The number of nitrogens with one attached hydrogen (secondary N) is 3. The van der Waals surface area contributed by atoms with Crippen LogP contribution in [0.2, 0.25) is 0 Å². The number of anilines is 2. The Labute approximate surface area is 226 Å². The van der Waals surface area contributed by atoms with Crippen molar-refractivity contribution in [1.82, 2.24) is 5.32 Å². The number of carbonyl (C=O) groups is 2. The lowest BCUT2D eigenvalue weighted by Gasteiger charge is -2.28. The predicted octanol–water partition coefficient (Wildman–Crippen LogP) is 6.31. The van der Waals surface area contributed by atoms with Crippen LogP contribution in [-0.2, 0) is 15.8 Å². The van der Waals surface area contributed by atoms with Crippen LogP contribution in [0, 0.1) is 18.3 Å². The van der Waals surface area contributed by atoms with Gasteiger partial charge in [0.15, 0.2) is 0 Å². The quantitative estimate of drug-likeness (QED) is 0.317. The summed E-state index contributed by atoms with van der Waals surface area (Å²) in [4.78, 5) is 26.0. The molecule has 1 unspecified atom stereocenters. The van der Waals surface area contributed by atoms with Gasteiger partial charge in [0.1, 0.15) is 5.76 Å². The first-order chi connectivity index (χ1) is 18.6. The van der Waals surface area contributed by atoms with E-state index in [1.807, 2.05) is 25.1 Å². The molecule has 1 aromatic heterocycles. The molecule has 39 heavy (non-hydrogen) atoms. The highest BCUT2D eigenvalue weighted by Crippen LogP contribution is 2.41. The van der Waals surface area contributed by atoms with Crippen LogP contribution in [0.25, 0.3) is 0 Å². The first kappa shape index (κ1) is 27.6. The Bertz CT molecular complexity index is 1500. The van der Waals surface area contributed by atoms with Gasteiger partial charge in [-0.15, -0.1) is 0 Å². The Balaban J connectivity index is 1.59. The van der Waals surface area contributed by atoms with Gasteiger partial charge in [0.2, 0.25) is 5.91 Å². The lowest BCUT2D eigenvalue weighted by Crippen LogP contribution is -2.31. The third kappa shape index (κ3) is 6.35. The molecule has 0 aliphatic carbocycles. The normalized spacial score (nSPS) is 15.4. The average Bonchev–Trinajstić information content (AvgIpc) is 3.42. The Morgan fingerprint density at radius 3 is 2.51 bits per heavy atom. The molecule has 0 bridgehead atoms. The molecule has 0 radical (unpaired) electrons. The van der Waals surface area contributed by atoms with E-state index in [4.69, 9.17) is 4.42 Å². The summed E-state index contributed by atoms with van der Waals surface area (Å²) < 4.78 is 45.0. The second kappa shape index (κ2) is 11.5. The highest BCUT2D eigenvalue weighted by atomic mass is 32.2. The van der Waals surface area contributed by atoms with Crippen LogP contribution in [0.4, 0.5) is 24.5 Å². The zero-order valence-electron chi connectivity index (χ0n) is 20.8. The first-order valence-electron chi connectivity index (χ1n) is 11.7. The number of hydrogen-bond donors (Lipinski definition) is 3.